The first-order valence-corrected chi connectivity index (χ1v) is 12.4. The Morgan fingerprint density at radius 1 is 1.20 bits per heavy atom. The summed E-state index contributed by atoms with van der Waals surface area (Å²) in [6.07, 6.45) is 6.44. The number of carbonyl (C=O) groups is 2. The van der Waals surface area contributed by atoms with E-state index in [0.717, 1.165) is 44.6 Å². The molecule has 0 bridgehead atoms. The van der Waals surface area contributed by atoms with Crippen LogP contribution in [0, 0.1) is 23.6 Å². The van der Waals surface area contributed by atoms with Gasteiger partial charge in [0.2, 0.25) is 11.8 Å². The van der Waals surface area contributed by atoms with Crippen molar-refractivity contribution in [2.75, 3.05) is 12.4 Å². The fourth-order valence-electron chi connectivity index (χ4n) is 3.73. The lowest BCUT2D eigenvalue weighted by molar-refractivity contribution is -0.125. The van der Waals surface area contributed by atoms with Crippen molar-refractivity contribution in [1.29, 1.82) is 0 Å². The van der Waals surface area contributed by atoms with Crippen LogP contribution < -0.4 is 10.1 Å². The van der Waals surface area contributed by atoms with Gasteiger partial charge in [0.25, 0.3) is 0 Å². The summed E-state index contributed by atoms with van der Waals surface area (Å²) in [7, 11) is -3.53. The van der Waals surface area contributed by atoms with E-state index in [0.29, 0.717) is 18.9 Å². The first-order valence-electron chi connectivity index (χ1n) is 10.7. The van der Waals surface area contributed by atoms with E-state index in [4.69, 9.17) is 4.74 Å². The van der Waals surface area contributed by atoms with Crippen LogP contribution in [0.25, 0.3) is 0 Å². The molecule has 1 heterocycles. The van der Waals surface area contributed by atoms with Gasteiger partial charge < -0.3 is 4.74 Å². The third kappa shape index (κ3) is 6.52. The van der Waals surface area contributed by atoms with E-state index in [9.17, 15) is 22.4 Å². The number of hydrogen-bond donors (Lipinski definition) is 1. The van der Waals surface area contributed by atoms with Gasteiger partial charge in [0, 0.05) is 18.4 Å². The van der Waals surface area contributed by atoms with E-state index in [1.54, 1.807) is 0 Å². The standard InChI is InChI=1S/C22H30FNO5S/c1-15(5-3-2-4-6-17-11-21(25)24-22(17)26)14-30(27,28)18-9-10-19(23)20(12-18)29-13-16-7-8-16/h9-10,12,15-17H,2-8,11,13-14H2,1H3,(H,24,25,26)/t15-,17?/m0/s1. The third-order valence-corrected chi connectivity index (χ3v) is 7.73. The number of amides is 2. The monoisotopic (exact) mass is 439 g/mol. The van der Waals surface area contributed by atoms with E-state index in [2.05, 4.69) is 5.32 Å². The summed E-state index contributed by atoms with van der Waals surface area (Å²) in [5.74, 6) is -0.721. The second-order valence-corrected chi connectivity index (χ2v) is 10.7. The highest BCUT2D eigenvalue weighted by atomic mass is 32.2. The quantitative estimate of drug-likeness (QED) is 0.305. The Kier molecular flexibility index (Phi) is 7.50. The average Bonchev–Trinajstić information content (AvgIpc) is 3.44. The summed E-state index contributed by atoms with van der Waals surface area (Å²) in [6, 6.07) is 3.76. The van der Waals surface area contributed by atoms with Gasteiger partial charge in [-0.25, -0.2) is 12.8 Å². The van der Waals surface area contributed by atoms with Crippen LogP contribution in [-0.4, -0.2) is 32.6 Å². The number of rotatable bonds is 12. The summed E-state index contributed by atoms with van der Waals surface area (Å²) < 4.78 is 44.8. The number of benzene rings is 1. The SMILES string of the molecule is C[C@@H](CCCCCC1CC(=O)NC1=O)CS(=O)(=O)c1ccc(F)c(OCC2CC2)c1. The minimum atomic E-state index is -3.53. The minimum absolute atomic E-state index is 0.000228. The van der Waals surface area contributed by atoms with Crippen molar-refractivity contribution in [1.82, 2.24) is 5.32 Å². The summed E-state index contributed by atoms with van der Waals surface area (Å²) in [4.78, 5) is 22.8. The second kappa shape index (κ2) is 9.90. The van der Waals surface area contributed by atoms with Gasteiger partial charge in [0.15, 0.2) is 21.4 Å². The molecule has 1 aromatic rings. The summed E-state index contributed by atoms with van der Waals surface area (Å²) >= 11 is 0. The molecule has 0 aromatic heterocycles. The number of halogens is 1. The van der Waals surface area contributed by atoms with E-state index in [1.807, 2.05) is 6.92 Å². The number of imide groups is 1. The molecule has 8 heteroatoms. The van der Waals surface area contributed by atoms with Crippen molar-refractivity contribution in [2.45, 2.75) is 63.2 Å². The lowest BCUT2D eigenvalue weighted by Crippen LogP contribution is -2.22. The Balaban J connectivity index is 1.42. The Hall–Kier alpha value is -1.96. The molecule has 30 heavy (non-hydrogen) atoms. The third-order valence-electron chi connectivity index (χ3n) is 5.75. The molecule has 0 spiro atoms. The Morgan fingerprint density at radius 2 is 1.97 bits per heavy atom. The highest BCUT2D eigenvalue weighted by molar-refractivity contribution is 7.91. The van der Waals surface area contributed by atoms with Crippen LogP contribution in [0.5, 0.6) is 5.75 Å². The number of carbonyl (C=O) groups excluding carboxylic acids is 2. The van der Waals surface area contributed by atoms with Gasteiger partial charge in [-0.15, -0.1) is 0 Å². The van der Waals surface area contributed by atoms with E-state index in [1.165, 1.54) is 12.1 Å². The largest absolute Gasteiger partial charge is 0.490 e. The van der Waals surface area contributed by atoms with Crippen molar-refractivity contribution in [3.05, 3.63) is 24.0 Å². The molecule has 1 N–H and O–H groups in total. The van der Waals surface area contributed by atoms with Crippen molar-refractivity contribution < 1.29 is 27.1 Å². The average molecular weight is 440 g/mol. The molecule has 6 nitrogen and oxygen atoms in total. The maximum absolute atomic E-state index is 13.9. The van der Waals surface area contributed by atoms with Crippen molar-refractivity contribution in [3.8, 4) is 5.75 Å². The normalized spacial score (nSPS) is 20.3. The fourth-order valence-corrected chi connectivity index (χ4v) is 5.40. The predicted octanol–water partition coefficient (Wildman–Crippen LogP) is 3.64. The zero-order valence-electron chi connectivity index (χ0n) is 17.4. The number of hydrogen-bond acceptors (Lipinski definition) is 5. The number of nitrogens with one attached hydrogen (secondary N) is 1. The Labute approximate surface area is 177 Å². The first-order chi connectivity index (χ1) is 14.2. The first kappa shape index (κ1) is 22.7. The predicted molar refractivity (Wildman–Crippen MR) is 110 cm³/mol. The lowest BCUT2D eigenvalue weighted by Gasteiger charge is -2.14. The maximum Gasteiger partial charge on any atom is 0.230 e. The van der Waals surface area contributed by atoms with Crippen LogP contribution >= 0.6 is 0 Å². The highest BCUT2D eigenvalue weighted by Crippen LogP contribution is 2.31. The van der Waals surface area contributed by atoms with Crippen molar-refractivity contribution >= 4 is 21.7 Å². The number of sulfone groups is 1. The van der Waals surface area contributed by atoms with Gasteiger partial charge in [0.05, 0.1) is 17.3 Å². The van der Waals surface area contributed by atoms with E-state index >= 15 is 0 Å². The molecule has 2 amide bonds. The number of ether oxygens (including phenoxy) is 1. The molecule has 1 aliphatic carbocycles. The molecule has 2 fully saturated rings. The van der Waals surface area contributed by atoms with Gasteiger partial charge in [-0.1, -0.05) is 26.2 Å². The van der Waals surface area contributed by atoms with Gasteiger partial charge in [-0.2, -0.15) is 0 Å². The zero-order chi connectivity index (χ0) is 21.7. The maximum atomic E-state index is 13.9. The van der Waals surface area contributed by atoms with Crippen LogP contribution in [0.15, 0.2) is 23.1 Å². The Bertz CT molecular complexity index is 882. The molecule has 0 radical (unpaired) electrons. The molecule has 2 aliphatic rings. The summed E-state index contributed by atoms with van der Waals surface area (Å²) in [6.45, 7) is 2.32. The molecule has 1 aromatic carbocycles. The molecule has 1 unspecified atom stereocenters. The van der Waals surface area contributed by atoms with Crippen LogP contribution in [-0.2, 0) is 19.4 Å². The van der Waals surface area contributed by atoms with Gasteiger partial charge in [0.1, 0.15) is 0 Å². The second-order valence-electron chi connectivity index (χ2n) is 8.68. The summed E-state index contributed by atoms with van der Waals surface area (Å²) in [5, 5.41) is 2.31. The van der Waals surface area contributed by atoms with Crippen LogP contribution in [0.2, 0.25) is 0 Å². The highest BCUT2D eigenvalue weighted by Gasteiger charge is 2.29. The summed E-state index contributed by atoms with van der Waals surface area (Å²) in [5.41, 5.74) is 0. The van der Waals surface area contributed by atoms with Crippen LogP contribution in [0.4, 0.5) is 4.39 Å². The molecule has 2 atom stereocenters. The molecule has 166 valence electrons. The van der Waals surface area contributed by atoms with Crippen LogP contribution in [0.3, 0.4) is 0 Å². The molecule has 1 saturated carbocycles. The van der Waals surface area contributed by atoms with Gasteiger partial charge in [-0.05, 0) is 49.7 Å². The van der Waals surface area contributed by atoms with Gasteiger partial charge in [-0.3, -0.25) is 14.9 Å². The number of unbranched alkanes of at least 4 members (excludes halogenated alkanes) is 2. The van der Waals surface area contributed by atoms with E-state index < -0.39 is 15.7 Å². The fraction of sp³-hybridized carbons (Fsp3) is 0.636. The van der Waals surface area contributed by atoms with Crippen molar-refractivity contribution in [3.63, 3.8) is 0 Å². The molecule has 3 rings (SSSR count). The molecular formula is C22H30FNO5S. The zero-order valence-corrected chi connectivity index (χ0v) is 18.2. The van der Waals surface area contributed by atoms with E-state index in [-0.39, 0.29) is 46.5 Å². The topological polar surface area (TPSA) is 89.5 Å². The lowest BCUT2D eigenvalue weighted by atomic mass is 9.98. The Morgan fingerprint density at radius 3 is 2.63 bits per heavy atom. The minimum Gasteiger partial charge on any atom is -0.490 e. The smallest absolute Gasteiger partial charge is 0.230 e. The molecular weight excluding hydrogens is 409 g/mol. The van der Waals surface area contributed by atoms with Gasteiger partial charge >= 0.3 is 0 Å². The van der Waals surface area contributed by atoms with Crippen molar-refractivity contribution in [2.24, 2.45) is 17.8 Å². The van der Waals surface area contributed by atoms with Crippen LogP contribution in [0.1, 0.15) is 58.3 Å². The molecule has 1 aliphatic heterocycles. The molecule has 1 saturated heterocycles.